The zero-order valence-corrected chi connectivity index (χ0v) is 12.8. The SMILES string of the molecule is Cc1cc(C)cc(NC(N)=NCc2cc3ccccc3o2)c1. The Morgan fingerprint density at radius 1 is 1.09 bits per heavy atom. The van der Waals surface area contributed by atoms with E-state index in [-0.39, 0.29) is 0 Å². The van der Waals surface area contributed by atoms with Crippen molar-refractivity contribution < 1.29 is 4.42 Å². The number of rotatable bonds is 3. The molecule has 22 heavy (non-hydrogen) atoms. The largest absolute Gasteiger partial charge is 0.459 e. The minimum absolute atomic E-state index is 0.380. The van der Waals surface area contributed by atoms with Crippen molar-refractivity contribution in [3.05, 3.63) is 65.4 Å². The first-order valence-electron chi connectivity index (χ1n) is 7.23. The summed E-state index contributed by atoms with van der Waals surface area (Å²) >= 11 is 0. The Morgan fingerprint density at radius 3 is 2.55 bits per heavy atom. The summed E-state index contributed by atoms with van der Waals surface area (Å²) in [5, 5.41) is 4.19. The third-order valence-corrected chi connectivity index (χ3v) is 3.38. The Hall–Kier alpha value is -2.75. The van der Waals surface area contributed by atoms with Crippen LogP contribution in [0.3, 0.4) is 0 Å². The summed E-state index contributed by atoms with van der Waals surface area (Å²) in [4.78, 5) is 4.33. The predicted octanol–water partition coefficient (Wildman–Crippen LogP) is 3.98. The Balaban J connectivity index is 1.71. The molecule has 0 atom stereocenters. The molecule has 0 aliphatic rings. The van der Waals surface area contributed by atoms with E-state index in [1.54, 1.807) is 0 Å². The van der Waals surface area contributed by atoms with Crippen molar-refractivity contribution in [1.29, 1.82) is 0 Å². The molecule has 0 saturated carbocycles. The van der Waals surface area contributed by atoms with Crippen LogP contribution in [0.15, 0.2) is 57.9 Å². The number of anilines is 1. The number of hydrogen-bond acceptors (Lipinski definition) is 2. The van der Waals surface area contributed by atoms with Gasteiger partial charge >= 0.3 is 0 Å². The van der Waals surface area contributed by atoms with E-state index in [1.165, 1.54) is 11.1 Å². The molecule has 0 saturated heterocycles. The van der Waals surface area contributed by atoms with E-state index in [0.717, 1.165) is 22.4 Å². The third kappa shape index (κ3) is 3.28. The van der Waals surface area contributed by atoms with Gasteiger partial charge in [-0.25, -0.2) is 4.99 Å². The third-order valence-electron chi connectivity index (χ3n) is 3.38. The monoisotopic (exact) mass is 293 g/mol. The molecule has 1 heterocycles. The van der Waals surface area contributed by atoms with Crippen molar-refractivity contribution in [1.82, 2.24) is 0 Å². The molecule has 0 aliphatic carbocycles. The van der Waals surface area contributed by atoms with Crippen molar-refractivity contribution in [2.45, 2.75) is 20.4 Å². The number of para-hydroxylation sites is 1. The number of aryl methyl sites for hydroxylation is 2. The van der Waals surface area contributed by atoms with Gasteiger partial charge in [-0.05, 0) is 49.2 Å². The van der Waals surface area contributed by atoms with Gasteiger partial charge in [-0.2, -0.15) is 0 Å². The zero-order valence-electron chi connectivity index (χ0n) is 12.8. The van der Waals surface area contributed by atoms with Gasteiger partial charge in [0.1, 0.15) is 17.9 Å². The maximum absolute atomic E-state index is 5.95. The maximum Gasteiger partial charge on any atom is 0.193 e. The highest BCUT2D eigenvalue weighted by atomic mass is 16.3. The molecule has 3 aromatic rings. The molecule has 1 aromatic heterocycles. The van der Waals surface area contributed by atoms with Crippen LogP contribution in [0.4, 0.5) is 5.69 Å². The van der Waals surface area contributed by atoms with Crippen LogP contribution < -0.4 is 11.1 Å². The molecule has 4 nitrogen and oxygen atoms in total. The average Bonchev–Trinajstić information content (AvgIpc) is 2.87. The molecule has 2 aromatic carbocycles. The van der Waals surface area contributed by atoms with Crippen LogP contribution >= 0.6 is 0 Å². The molecule has 112 valence electrons. The van der Waals surface area contributed by atoms with Crippen LogP contribution in [-0.4, -0.2) is 5.96 Å². The summed E-state index contributed by atoms with van der Waals surface area (Å²) in [7, 11) is 0. The Bertz CT molecular complexity index is 780. The first-order valence-corrected chi connectivity index (χ1v) is 7.23. The lowest BCUT2D eigenvalue weighted by molar-refractivity contribution is 0.553. The lowest BCUT2D eigenvalue weighted by atomic mass is 10.1. The topological polar surface area (TPSA) is 63.5 Å². The fourth-order valence-corrected chi connectivity index (χ4v) is 2.51. The van der Waals surface area contributed by atoms with Crippen molar-refractivity contribution in [2.24, 2.45) is 10.7 Å². The van der Waals surface area contributed by atoms with Gasteiger partial charge in [0, 0.05) is 11.1 Å². The minimum Gasteiger partial charge on any atom is -0.459 e. The molecule has 0 radical (unpaired) electrons. The van der Waals surface area contributed by atoms with Gasteiger partial charge in [0.25, 0.3) is 0 Å². The second-order valence-electron chi connectivity index (χ2n) is 5.45. The number of aliphatic imine (C=N–C) groups is 1. The van der Waals surface area contributed by atoms with Crippen LogP contribution in [0.1, 0.15) is 16.9 Å². The number of hydrogen-bond donors (Lipinski definition) is 2. The van der Waals surface area contributed by atoms with Gasteiger partial charge in [-0.3, -0.25) is 0 Å². The average molecular weight is 293 g/mol. The zero-order chi connectivity index (χ0) is 15.5. The standard InChI is InChI=1S/C18H19N3O/c1-12-7-13(2)9-15(8-12)21-18(19)20-11-16-10-14-5-3-4-6-17(14)22-16/h3-10H,11H2,1-2H3,(H3,19,20,21). The van der Waals surface area contributed by atoms with Crippen LogP contribution in [0.25, 0.3) is 11.0 Å². The van der Waals surface area contributed by atoms with Gasteiger partial charge in [0.15, 0.2) is 5.96 Å². The number of nitrogens with zero attached hydrogens (tertiary/aromatic N) is 1. The van der Waals surface area contributed by atoms with Gasteiger partial charge < -0.3 is 15.5 Å². The number of benzene rings is 2. The number of nitrogens with two attached hydrogens (primary N) is 1. The van der Waals surface area contributed by atoms with Crippen molar-refractivity contribution in [3.63, 3.8) is 0 Å². The number of guanidine groups is 1. The Labute approximate surface area is 129 Å². The highest BCUT2D eigenvalue weighted by Gasteiger charge is 2.03. The van der Waals surface area contributed by atoms with E-state index in [4.69, 9.17) is 10.2 Å². The number of nitrogens with one attached hydrogen (secondary N) is 1. The lowest BCUT2D eigenvalue weighted by Gasteiger charge is -2.07. The molecule has 0 amide bonds. The predicted molar refractivity (Wildman–Crippen MR) is 91.1 cm³/mol. The molecule has 0 fully saturated rings. The van der Waals surface area contributed by atoms with E-state index in [0.29, 0.717) is 12.5 Å². The fourth-order valence-electron chi connectivity index (χ4n) is 2.51. The molecule has 3 rings (SSSR count). The lowest BCUT2D eigenvalue weighted by Crippen LogP contribution is -2.22. The smallest absolute Gasteiger partial charge is 0.193 e. The Kier molecular flexibility index (Phi) is 3.83. The normalized spacial score (nSPS) is 11.8. The molecule has 0 spiro atoms. The molecule has 4 heteroatoms. The van der Waals surface area contributed by atoms with Gasteiger partial charge in [-0.15, -0.1) is 0 Å². The molecular weight excluding hydrogens is 274 g/mol. The van der Waals surface area contributed by atoms with Crippen molar-refractivity contribution in [3.8, 4) is 0 Å². The van der Waals surface area contributed by atoms with E-state index in [2.05, 4.69) is 30.2 Å². The van der Waals surface area contributed by atoms with Gasteiger partial charge in [0.2, 0.25) is 0 Å². The van der Waals surface area contributed by atoms with Crippen LogP contribution in [-0.2, 0) is 6.54 Å². The molecule has 0 bridgehead atoms. The first kappa shape index (κ1) is 14.2. The molecular formula is C18H19N3O. The summed E-state index contributed by atoms with van der Waals surface area (Å²) < 4.78 is 5.72. The molecule has 3 N–H and O–H groups in total. The number of furan rings is 1. The van der Waals surface area contributed by atoms with E-state index in [1.807, 2.05) is 42.5 Å². The second kappa shape index (κ2) is 5.93. The maximum atomic E-state index is 5.95. The summed E-state index contributed by atoms with van der Waals surface area (Å²) in [5.74, 6) is 1.18. The van der Waals surface area contributed by atoms with Crippen molar-refractivity contribution in [2.75, 3.05) is 5.32 Å². The highest BCUT2D eigenvalue weighted by Crippen LogP contribution is 2.19. The van der Waals surface area contributed by atoms with Gasteiger partial charge in [-0.1, -0.05) is 24.3 Å². The quantitative estimate of drug-likeness (QED) is 0.567. The van der Waals surface area contributed by atoms with E-state index < -0.39 is 0 Å². The number of fused-ring (bicyclic) bond motifs is 1. The van der Waals surface area contributed by atoms with Crippen molar-refractivity contribution >= 4 is 22.6 Å². The molecule has 0 aliphatic heterocycles. The first-order chi connectivity index (χ1) is 10.6. The fraction of sp³-hybridized carbons (Fsp3) is 0.167. The van der Waals surface area contributed by atoms with Crippen LogP contribution in [0.5, 0.6) is 0 Å². The minimum atomic E-state index is 0.380. The van der Waals surface area contributed by atoms with Gasteiger partial charge in [0.05, 0.1) is 0 Å². The van der Waals surface area contributed by atoms with E-state index >= 15 is 0 Å². The van der Waals surface area contributed by atoms with E-state index in [9.17, 15) is 0 Å². The highest BCUT2D eigenvalue weighted by molar-refractivity contribution is 5.92. The summed E-state index contributed by atoms with van der Waals surface area (Å²) in [5.41, 5.74) is 10.1. The Morgan fingerprint density at radius 2 is 1.82 bits per heavy atom. The van der Waals surface area contributed by atoms with Crippen LogP contribution in [0, 0.1) is 13.8 Å². The molecule has 0 unspecified atom stereocenters. The van der Waals surface area contributed by atoms with Crippen LogP contribution in [0.2, 0.25) is 0 Å². The summed E-state index contributed by atoms with van der Waals surface area (Å²) in [6.45, 7) is 4.53. The summed E-state index contributed by atoms with van der Waals surface area (Å²) in [6.07, 6.45) is 0. The summed E-state index contributed by atoms with van der Waals surface area (Å²) in [6, 6.07) is 16.1. The second-order valence-corrected chi connectivity index (χ2v) is 5.45.